The molecule has 0 bridgehead atoms. The molecule has 0 saturated heterocycles. The number of rotatable bonds is 8. The zero-order valence-corrected chi connectivity index (χ0v) is 15.7. The van der Waals surface area contributed by atoms with Crippen molar-refractivity contribution < 1.29 is 19.4 Å². The summed E-state index contributed by atoms with van der Waals surface area (Å²) in [5.74, 6) is 0.272. The Morgan fingerprint density at radius 1 is 1.07 bits per heavy atom. The number of benzene rings is 2. The number of aromatic nitrogens is 2. The lowest BCUT2D eigenvalue weighted by Gasteiger charge is -2.26. The van der Waals surface area contributed by atoms with Gasteiger partial charge in [0.05, 0.1) is 25.8 Å². The van der Waals surface area contributed by atoms with E-state index in [4.69, 9.17) is 9.47 Å². The van der Waals surface area contributed by atoms with Gasteiger partial charge in [0, 0.05) is 35.4 Å². The minimum absolute atomic E-state index is 0.213. The molecule has 0 aliphatic heterocycles. The summed E-state index contributed by atoms with van der Waals surface area (Å²) >= 11 is 0. The van der Waals surface area contributed by atoms with Gasteiger partial charge in [-0.1, -0.05) is 6.07 Å². The Bertz CT molecular complexity index is 947. The minimum Gasteiger partial charge on any atom is -0.493 e. The van der Waals surface area contributed by atoms with Crippen LogP contribution in [0.1, 0.15) is 22.8 Å². The van der Waals surface area contributed by atoms with Gasteiger partial charge in [0.25, 0.3) is 0 Å². The van der Waals surface area contributed by atoms with E-state index in [-0.39, 0.29) is 5.56 Å². The average Bonchev–Trinajstić information content (AvgIpc) is 2.73. The van der Waals surface area contributed by atoms with Crippen LogP contribution in [0.25, 0.3) is 0 Å². The molecule has 7 nitrogen and oxygen atoms in total. The molecule has 28 heavy (non-hydrogen) atoms. The van der Waals surface area contributed by atoms with E-state index in [1.165, 1.54) is 6.33 Å². The fraction of sp³-hybridized carbons (Fsp3) is 0.190. The Hall–Kier alpha value is -3.61. The minimum atomic E-state index is -0.977. The van der Waals surface area contributed by atoms with Crippen LogP contribution in [-0.2, 0) is 6.54 Å². The Balaban J connectivity index is 2.07. The molecule has 2 aromatic carbocycles. The van der Waals surface area contributed by atoms with Crippen LogP contribution in [0, 0.1) is 0 Å². The van der Waals surface area contributed by atoms with Gasteiger partial charge in [-0.2, -0.15) is 0 Å². The van der Waals surface area contributed by atoms with Crippen LogP contribution >= 0.6 is 0 Å². The van der Waals surface area contributed by atoms with E-state index in [2.05, 4.69) is 9.97 Å². The van der Waals surface area contributed by atoms with Crippen molar-refractivity contribution in [3.05, 3.63) is 72.3 Å². The Labute approximate surface area is 163 Å². The summed E-state index contributed by atoms with van der Waals surface area (Å²) in [4.78, 5) is 21.5. The van der Waals surface area contributed by atoms with E-state index in [1.54, 1.807) is 37.7 Å². The maximum atomic E-state index is 11.4. The summed E-state index contributed by atoms with van der Waals surface area (Å²) < 4.78 is 11.1. The highest BCUT2D eigenvalue weighted by Gasteiger charge is 2.16. The van der Waals surface area contributed by atoms with E-state index in [9.17, 15) is 9.90 Å². The maximum Gasteiger partial charge on any atom is 0.335 e. The van der Waals surface area contributed by atoms with Crippen molar-refractivity contribution >= 4 is 17.3 Å². The first-order valence-electron chi connectivity index (χ1n) is 8.78. The largest absolute Gasteiger partial charge is 0.493 e. The van der Waals surface area contributed by atoms with E-state index in [0.717, 1.165) is 16.9 Å². The van der Waals surface area contributed by atoms with Gasteiger partial charge < -0.3 is 19.5 Å². The molecule has 0 radical (unpaired) electrons. The standard InChI is InChI=1S/C21H21N3O4/c1-3-28-20-10-18(7-8-19(20)27-2)24(13-15-11-22-14-23-12-15)17-6-4-5-16(9-17)21(25)26/h4-12,14H,3,13H2,1-2H3,(H,25,26). The fourth-order valence-electron chi connectivity index (χ4n) is 2.83. The lowest BCUT2D eigenvalue weighted by Crippen LogP contribution is -2.17. The van der Waals surface area contributed by atoms with Gasteiger partial charge in [-0.05, 0) is 37.3 Å². The highest BCUT2D eigenvalue weighted by molar-refractivity contribution is 5.89. The summed E-state index contributed by atoms with van der Waals surface area (Å²) in [6.45, 7) is 2.87. The van der Waals surface area contributed by atoms with Crippen LogP contribution < -0.4 is 14.4 Å². The molecule has 1 aromatic heterocycles. The quantitative estimate of drug-likeness (QED) is 0.635. The lowest BCUT2D eigenvalue weighted by atomic mass is 10.1. The number of aromatic carboxylic acids is 1. The van der Waals surface area contributed by atoms with Crippen LogP contribution in [0.5, 0.6) is 11.5 Å². The highest BCUT2D eigenvalue weighted by atomic mass is 16.5. The number of methoxy groups -OCH3 is 1. The number of carbonyl (C=O) groups is 1. The number of carboxylic acids is 1. The summed E-state index contributed by atoms with van der Waals surface area (Å²) in [6.07, 6.45) is 4.93. The molecule has 0 unspecified atom stereocenters. The van der Waals surface area contributed by atoms with Crippen molar-refractivity contribution in [1.82, 2.24) is 9.97 Å². The molecule has 0 aliphatic rings. The zero-order chi connectivity index (χ0) is 19.9. The smallest absolute Gasteiger partial charge is 0.335 e. The third-order valence-electron chi connectivity index (χ3n) is 4.12. The van der Waals surface area contributed by atoms with Crippen molar-refractivity contribution in [2.75, 3.05) is 18.6 Å². The second kappa shape index (κ2) is 8.85. The van der Waals surface area contributed by atoms with Crippen LogP contribution in [0.3, 0.4) is 0 Å². The second-order valence-corrected chi connectivity index (χ2v) is 5.96. The number of anilines is 2. The number of ether oxygens (including phenoxy) is 2. The molecular weight excluding hydrogens is 358 g/mol. The van der Waals surface area contributed by atoms with Crippen LogP contribution in [-0.4, -0.2) is 34.8 Å². The molecule has 144 valence electrons. The third kappa shape index (κ3) is 4.37. The maximum absolute atomic E-state index is 11.4. The molecule has 0 aliphatic carbocycles. The van der Waals surface area contributed by atoms with E-state index in [1.807, 2.05) is 36.1 Å². The van der Waals surface area contributed by atoms with Crippen molar-refractivity contribution in [3.63, 3.8) is 0 Å². The predicted octanol–water partition coefficient (Wildman–Crippen LogP) is 3.92. The summed E-state index contributed by atoms with van der Waals surface area (Å²) in [7, 11) is 1.59. The molecule has 0 fully saturated rings. The average molecular weight is 379 g/mol. The van der Waals surface area contributed by atoms with E-state index in [0.29, 0.717) is 24.7 Å². The van der Waals surface area contributed by atoms with Crippen LogP contribution in [0.2, 0.25) is 0 Å². The van der Waals surface area contributed by atoms with Crippen LogP contribution in [0.15, 0.2) is 61.2 Å². The first kappa shape index (κ1) is 19.2. The van der Waals surface area contributed by atoms with Gasteiger partial charge in [-0.25, -0.2) is 14.8 Å². The topological polar surface area (TPSA) is 84.8 Å². The first-order valence-corrected chi connectivity index (χ1v) is 8.78. The van der Waals surface area contributed by atoms with Gasteiger partial charge in [0.1, 0.15) is 6.33 Å². The third-order valence-corrected chi connectivity index (χ3v) is 4.12. The number of hydrogen-bond donors (Lipinski definition) is 1. The number of carboxylic acid groups (broad SMARTS) is 1. The first-order chi connectivity index (χ1) is 13.6. The van der Waals surface area contributed by atoms with Gasteiger partial charge in [-0.3, -0.25) is 0 Å². The molecule has 3 rings (SSSR count). The van der Waals surface area contributed by atoms with Crippen molar-refractivity contribution in [3.8, 4) is 11.5 Å². The summed E-state index contributed by atoms with van der Waals surface area (Å²) in [5.41, 5.74) is 2.66. The van der Waals surface area contributed by atoms with Crippen molar-refractivity contribution in [2.45, 2.75) is 13.5 Å². The molecule has 0 spiro atoms. The molecule has 7 heteroatoms. The molecule has 3 aromatic rings. The Morgan fingerprint density at radius 3 is 2.50 bits per heavy atom. The van der Waals surface area contributed by atoms with E-state index < -0.39 is 5.97 Å². The lowest BCUT2D eigenvalue weighted by molar-refractivity contribution is 0.0697. The Morgan fingerprint density at radius 2 is 1.82 bits per heavy atom. The fourth-order valence-corrected chi connectivity index (χ4v) is 2.83. The normalized spacial score (nSPS) is 10.4. The SMILES string of the molecule is CCOc1cc(N(Cc2cncnc2)c2cccc(C(=O)O)c2)ccc1OC. The van der Waals surface area contributed by atoms with Gasteiger partial charge >= 0.3 is 5.97 Å². The molecular formula is C21H21N3O4. The molecule has 0 atom stereocenters. The molecule has 0 saturated carbocycles. The molecule has 1 heterocycles. The monoisotopic (exact) mass is 379 g/mol. The van der Waals surface area contributed by atoms with Gasteiger partial charge in [0.15, 0.2) is 11.5 Å². The summed E-state index contributed by atoms with van der Waals surface area (Å²) in [6, 6.07) is 12.4. The predicted molar refractivity (Wildman–Crippen MR) is 105 cm³/mol. The highest BCUT2D eigenvalue weighted by Crippen LogP contribution is 2.36. The van der Waals surface area contributed by atoms with Gasteiger partial charge in [-0.15, -0.1) is 0 Å². The zero-order valence-electron chi connectivity index (χ0n) is 15.7. The number of hydrogen-bond acceptors (Lipinski definition) is 6. The van der Waals surface area contributed by atoms with E-state index >= 15 is 0 Å². The van der Waals surface area contributed by atoms with Crippen LogP contribution in [0.4, 0.5) is 11.4 Å². The van der Waals surface area contributed by atoms with Crippen molar-refractivity contribution in [1.29, 1.82) is 0 Å². The molecule has 1 N–H and O–H groups in total. The Kier molecular flexibility index (Phi) is 6.06. The second-order valence-electron chi connectivity index (χ2n) is 5.96. The number of nitrogens with zero attached hydrogens (tertiary/aromatic N) is 3. The van der Waals surface area contributed by atoms with Gasteiger partial charge in [0.2, 0.25) is 0 Å². The molecule has 0 amide bonds. The summed E-state index contributed by atoms with van der Waals surface area (Å²) in [5, 5.41) is 9.36. The van der Waals surface area contributed by atoms with Crippen molar-refractivity contribution in [2.24, 2.45) is 0 Å².